The number of carbonyl (C=O) groups excluding carboxylic acids is 1. The van der Waals surface area contributed by atoms with Gasteiger partial charge in [-0.1, -0.05) is 24.2 Å². The molecule has 1 aromatic carbocycles. The number of hydrogen-bond acceptors (Lipinski definition) is 4. The van der Waals surface area contributed by atoms with E-state index in [1.807, 2.05) is 23.7 Å². The zero-order valence-electron chi connectivity index (χ0n) is 12.5. The van der Waals surface area contributed by atoms with Crippen molar-refractivity contribution in [2.75, 3.05) is 6.79 Å². The lowest BCUT2D eigenvalue weighted by atomic mass is 10.0. The van der Waals surface area contributed by atoms with Crippen molar-refractivity contribution in [3.63, 3.8) is 0 Å². The molecule has 0 bridgehead atoms. The van der Waals surface area contributed by atoms with Crippen LogP contribution in [0.5, 0.6) is 11.5 Å². The molecule has 0 unspecified atom stereocenters. The molecule has 1 aliphatic carbocycles. The highest BCUT2D eigenvalue weighted by atomic mass is 32.1. The van der Waals surface area contributed by atoms with Crippen LogP contribution < -0.4 is 14.3 Å². The van der Waals surface area contributed by atoms with Gasteiger partial charge in [-0.05, 0) is 18.8 Å². The van der Waals surface area contributed by atoms with Crippen molar-refractivity contribution in [2.45, 2.75) is 32.1 Å². The summed E-state index contributed by atoms with van der Waals surface area (Å²) in [5.41, 5.74) is 1.02. The third-order valence-corrected chi connectivity index (χ3v) is 5.56. The van der Waals surface area contributed by atoms with Crippen LogP contribution in [0.4, 0.5) is 0 Å². The molecule has 1 aromatic heterocycles. The zero-order chi connectivity index (χ0) is 15.1. The first-order valence-electron chi connectivity index (χ1n) is 7.67. The van der Waals surface area contributed by atoms with Crippen molar-refractivity contribution >= 4 is 27.5 Å². The van der Waals surface area contributed by atoms with Gasteiger partial charge in [0, 0.05) is 25.6 Å². The summed E-state index contributed by atoms with van der Waals surface area (Å²) in [6, 6.07) is 3.91. The van der Waals surface area contributed by atoms with Crippen LogP contribution in [0.3, 0.4) is 0 Å². The van der Waals surface area contributed by atoms with E-state index in [-0.39, 0.29) is 12.7 Å². The number of fused-ring (bicyclic) bond motifs is 2. The van der Waals surface area contributed by atoms with Crippen LogP contribution in [0.1, 0.15) is 32.1 Å². The van der Waals surface area contributed by atoms with E-state index in [2.05, 4.69) is 4.99 Å². The average molecular weight is 318 g/mol. The number of aromatic nitrogens is 1. The van der Waals surface area contributed by atoms with Gasteiger partial charge in [-0.15, -0.1) is 0 Å². The minimum Gasteiger partial charge on any atom is -0.454 e. The SMILES string of the molecule is Cn1c(=NC(=O)CC2CCCC2)sc2cc3c(cc21)OCO3. The number of benzene rings is 1. The molecule has 2 heterocycles. The number of rotatable bonds is 2. The lowest BCUT2D eigenvalue weighted by molar-refractivity contribution is -0.118. The molecule has 0 N–H and O–H groups in total. The van der Waals surface area contributed by atoms with Gasteiger partial charge in [0.25, 0.3) is 0 Å². The maximum absolute atomic E-state index is 12.2. The molecule has 0 atom stereocenters. The van der Waals surface area contributed by atoms with Crippen LogP contribution in [0.2, 0.25) is 0 Å². The number of ether oxygens (including phenoxy) is 2. The number of aryl methyl sites for hydroxylation is 1. The number of amides is 1. The molecule has 4 rings (SSSR count). The molecule has 5 nitrogen and oxygen atoms in total. The largest absolute Gasteiger partial charge is 0.454 e. The van der Waals surface area contributed by atoms with E-state index >= 15 is 0 Å². The van der Waals surface area contributed by atoms with Gasteiger partial charge in [0.15, 0.2) is 16.3 Å². The molecule has 0 saturated heterocycles. The van der Waals surface area contributed by atoms with Crippen LogP contribution in [0.15, 0.2) is 17.1 Å². The van der Waals surface area contributed by atoms with E-state index in [9.17, 15) is 4.79 Å². The van der Waals surface area contributed by atoms with Gasteiger partial charge >= 0.3 is 0 Å². The van der Waals surface area contributed by atoms with Crippen LogP contribution in [-0.2, 0) is 11.8 Å². The minimum atomic E-state index is -0.00547. The summed E-state index contributed by atoms with van der Waals surface area (Å²) in [7, 11) is 1.93. The lowest BCUT2D eigenvalue weighted by Gasteiger charge is -2.03. The fourth-order valence-corrected chi connectivity index (χ4v) is 4.28. The van der Waals surface area contributed by atoms with Gasteiger partial charge in [-0.25, -0.2) is 0 Å². The Labute approximate surface area is 132 Å². The summed E-state index contributed by atoms with van der Waals surface area (Å²) < 4.78 is 13.8. The Hall–Kier alpha value is -1.82. The molecule has 1 amide bonds. The molecule has 0 radical (unpaired) electrons. The van der Waals surface area contributed by atoms with E-state index in [0.29, 0.717) is 12.3 Å². The topological polar surface area (TPSA) is 52.8 Å². The van der Waals surface area contributed by atoms with Crippen molar-refractivity contribution in [2.24, 2.45) is 18.0 Å². The molecule has 6 heteroatoms. The summed E-state index contributed by atoms with van der Waals surface area (Å²) >= 11 is 1.52. The maximum atomic E-state index is 12.2. The summed E-state index contributed by atoms with van der Waals surface area (Å²) in [4.78, 5) is 17.2. The third-order valence-electron chi connectivity index (χ3n) is 4.46. The molecule has 2 aliphatic rings. The van der Waals surface area contributed by atoms with Gasteiger partial charge in [-0.3, -0.25) is 4.79 Å². The Morgan fingerprint density at radius 1 is 1.32 bits per heavy atom. The van der Waals surface area contributed by atoms with Gasteiger partial charge in [0.2, 0.25) is 12.7 Å². The van der Waals surface area contributed by atoms with Crippen molar-refractivity contribution in [3.8, 4) is 11.5 Å². The number of nitrogens with zero attached hydrogens (tertiary/aromatic N) is 2. The number of carbonyl (C=O) groups is 1. The zero-order valence-corrected chi connectivity index (χ0v) is 13.3. The van der Waals surface area contributed by atoms with Gasteiger partial charge in [-0.2, -0.15) is 4.99 Å². The minimum absolute atomic E-state index is 0.00547. The Balaban J connectivity index is 1.67. The molecule has 1 saturated carbocycles. The molecule has 1 fully saturated rings. The molecule has 0 spiro atoms. The predicted molar refractivity (Wildman–Crippen MR) is 84.1 cm³/mol. The Morgan fingerprint density at radius 2 is 2.05 bits per heavy atom. The van der Waals surface area contributed by atoms with Crippen LogP contribution >= 0.6 is 11.3 Å². The second-order valence-electron chi connectivity index (χ2n) is 5.98. The Kier molecular flexibility index (Phi) is 3.41. The fraction of sp³-hybridized carbons (Fsp3) is 0.500. The molecular weight excluding hydrogens is 300 g/mol. The van der Waals surface area contributed by atoms with Gasteiger partial charge < -0.3 is 14.0 Å². The predicted octanol–water partition coefficient (Wildman–Crippen LogP) is 2.98. The van der Waals surface area contributed by atoms with Crippen molar-refractivity contribution in [3.05, 3.63) is 16.9 Å². The summed E-state index contributed by atoms with van der Waals surface area (Å²) in [6.45, 7) is 0.271. The van der Waals surface area contributed by atoms with E-state index in [1.165, 1.54) is 37.0 Å². The van der Waals surface area contributed by atoms with E-state index < -0.39 is 0 Å². The normalized spacial score (nSPS) is 18.5. The number of thiazole rings is 1. The first-order chi connectivity index (χ1) is 10.7. The monoisotopic (exact) mass is 318 g/mol. The molecule has 1 aliphatic heterocycles. The second kappa shape index (κ2) is 5.43. The second-order valence-corrected chi connectivity index (χ2v) is 6.99. The van der Waals surface area contributed by atoms with Gasteiger partial charge in [0.1, 0.15) is 0 Å². The molecule has 22 heavy (non-hydrogen) atoms. The molecule has 2 aromatic rings. The highest BCUT2D eigenvalue weighted by Gasteiger charge is 2.19. The Bertz CT molecular complexity index is 800. The van der Waals surface area contributed by atoms with Crippen LogP contribution in [0, 0.1) is 5.92 Å². The smallest absolute Gasteiger partial charge is 0.248 e. The third kappa shape index (κ3) is 2.41. The van der Waals surface area contributed by atoms with E-state index in [1.54, 1.807) is 0 Å². The van der Waals surface area contributed by atoms with Crippen molar-refractivity contribution in [1.82, 2.24) is 4.57 Å². The van der Waals surface area contributed by atoms with Crippen molar-refractivity contribution in [1.29, 1.82) is 0 Å². The average Bonchev–Trinajstić information content (AvgIpc) is 3.20. The number of hydrogen-bond donors (Lipinski definition) is 0. The van der Waals surface area contributed by atoms with Crippen LogP contribution in [0.25, 0.3) is 10.2 Å². The molecule has 116 valence electrons. The summed E-state index contributed by atoms with van der Waals surface area (Å²) in [5, 5.41) is 0. The first kappa shape index (κ1) is 13.8. The van der Waals surface area contributed by atoms with Gasteiger partial charge in [0.05, 0.1) is 10.2 Å². The fourth-order valence-electron chi connectivity index (χ4n) is 3.24. The standard InChI is InChI=1S/C16H18N2O3S/c1-18-11-7-12-13(21-9-20-12)8-14(11)22-16(18)17-15(19)6-10-4-2-3-5-10/h7-8,10H,2-6,9H2,1H3. The highest BCUT2D eigenvalue weighted by molar-refractivity contribution is 7.16. The quantitative estimate of drug-likeness (QED) is 0.855. The van der Waals surface area contributed by atoms with Crippen LogP contribution in [-0.4, -0.2) is 17.3 Å². The summed E-state index contributed by atoms with van der Waals surface area (Å²) in [5.74, 6) is 2.04. The highest BCUT2D eigenvalue weighted by Crippen LogP contribution is 2.36. The van der Waals surface area contributed by atoms with E-state index in [0.717, 1.165) is 26.5 Å². The Morgan fingerprint density at radius 3 is 2.82 bits per heavy atom. The maximum Gasteiger partial charge on any atom is 0.248 e. The lowest BCUT2D eigenvalue weighted by Crippen LogP contribution is -2.14. The van der Waals surface area contributed by atoms with Crippen molar-refractivity contribution < 1.29 is 14.3 Å². The summed E-state index contributed by atoms with van der Waals surface area (Å²) in [6.07, 6.45) is 5.42. The van der Waals surface area contributed by atoms with E-state index in [4.69, 9.17) is 9.47 Å². The first-order valence-corrected chi connectivity index (χ1v) is 8.49. The molecular formula is C16H18N2O3S.